The average Bonchev–Trinajstić information content (AvgIpc) is 2.82. The third-order valence-electron chi connectivity index (χ3n) is 3.87. The van der Waals surface area contributed by atoms with Crippen molar-refractivity contribution >= 4 is 16.8 Å². The van der Waals surface area contributed by atoms with Crippen LogP contribution in [-0.4, -0.2) is 18.1 Å². The van der Waals surface area contributed by atoms with Crippen molar-refractivity contribution in [3.8, 4) is 0 Å². The Morgan fingerprint density at radius 3 is 2.90 bits per heavy atom. The lowest BCUT2D eigenvalue weighted by atomic mass is 10.1. The molecular formula is C17H17N3O. The van der Waals surface area contributed by atoms with Crippen LogP contribution >= 0.6 is 0 Å². The molecule has 1 N–H and O–H groups in total. The van der Waals surface area contributed by atoms with Crippen molar-refractivity contribution < 1.29 is 4.42 Å². The molecule has 4 rings (SSSR count). The molecule has 0 atom stereocenters. The van der Waals surface area contributed by atoms with Gasteiger partial charge >= 0.3 is 0 Å². The number of oxazole rings is 1. The highest BCUT2D eigenvalue weighted by Gasteiger charge is 2.17. The summed E-state index contributed by atoms with van der Waals surface area (Å²) < 4.78 is 5.85. The highest BCUT2D eigenvalue weighted by molar-refractivity contribution is 5.72. The molecule has 0 radical (unpaired) electrons. The second-order valence-electron chi connectivity index (χ2n) is 5.30. The molecule has 0 aliphatic carbocycles. The van der Waals surface area contributed by atoms with Gasteiger partial charge in [-0.2, -0.15) is 0 Å². The van der Waals surface area contributed by atoms with Gasteiger partial charge in [0.15, 0.2) is 5.58 Å². The minimum Gasteiger partial charge on any atom is -0.439 e. The van der Waals surface area contributed by atoms with Crippen LogP contribution in [0.25, 0.3) is 11.1 Å². The standard InChI is InChI=1S/C17H17N3O/c1-3-7-15-13(5-1)11-18-9-10-20(15)12-17-19-14-6-2-4-8-16(14)21-17/h1-8,18H,9-12H2. The Hall–Kier alpha value is -2.33. The Morgan fingerprint density at radius 1 is 1.10 bits per heavy atom. The first-order chi connectivity index (χ1) is 10.4. The van der Waals surface area contributed by atoms with E-state index in [-0.39, 0.29) is 0 Å². The van der Waals surface area contributed by atoms with E-state index in [1.165, 1.54) is 11.3 Å². The van der Waals surface area contributed by atoms with Crippen molar-refractivity contribution in [1.29, 1.82) is 0 Å². The number of hydrogen-bond acceptors (Lipinski definition) is 4. The number of hydrogen-bond donors (Lipinski definition) is 1. The first-order valence-corrected chi connectivity index (χ1v) is 7.28. The lowest BCUT2D eigenvalue weighted by Gasteiger charge is -2.22. The number of aromatic nitrogens is 1. The van der Waals surface area contributed by atoms with E-state index in [0.29, 0.717) is 6.54 Å². The molecule has 0 unspecified atom stereocenters. The second kappa shape index (κ2) is 5.22. The molecule has 1 aromatic heterocycles. The van der Waals surface area contributed by atoms with E-state index in [2.05, 4.69) is 39.5 Å². The molecule has 2 heterocycles. The van der Waals surface area contributed by atoms with Crippen molar-refractivity contribution in [1.82, 2.24) is 10.3 Å². The maximum atomic E-state index is 5.85. The van der Waals surface area contributed by atoms with Crippen molar-refractivity contribution in [3.63, 3.8) is 0 Å². The number of para-hydroxylation sites is 3. The van der Waals surface area contributed by atoms with Gasteiger partial charge in [0, 0.05) is 25.3 Å². The topological polar surface area (TPSA) is 41.3 Å². The largest absolute Gasteiger partial charge is 0.439 e. The quantitative estimate of drug-likeness (QED) is 0.783. The van der Waals surface area contributed by atoms with Crippen LogP contribution in [0.3, 0.4) is 0 Å². The molecule has 4 nitrogen and oxygen atoms in total. The number of rotatable bonds is 2. The van der Waals surface area contributed by atoms with Gasteiger partial charge in [-0.25, -0.2) is 4.98 Å². The lowest BCUT2D eigenvalue weighted by molar-refractivity contribution is 0.519. The molecule has 0 bridgehead atoms. The maximum absolute atomic E-state index is 5.85. The summed E-state index contributed by atoms with van der Waals surface area (Å²) in [5, 5.41) is 3.45. The third-order valence-corrected chi connectivity index (χ3v) is 3.87. The number of nitrogens with one attached hydrogen (secondary N) is 1. The van der Waals surface area contributed by atoms with Crippen LogP contribution in [0.4, 0.5) is 5.69 Å². The van der Waals surface area contributed by atoms with Gasteiger partial charge in [0.1, 0.15) is 5.52 Å². The summed E-state index contributed by atoms with van der Waals surface area (Å²) in [5.41, 5.74) is 4.37. The number of fused-ring (bicyclic) bond motifs is 2. The molecule has 106 valence electrons. The van der Waals surface area contributed by atoms with E-state index in [1.807, 2.05) is 24.3 Å². The Morgan fingerprint density at radius 2 is 1.95 bits per heavy atom. The molecule has 0 spiro atoms. The summed E-state index contributed by atoms with van der Waals surface area (Å²) in [5.74, 6) is 0.771. The minimum atomic E-state index is 0.702. The van der Waals surface area contributed by atoms with Gasteiger partial charge < -0.3 is 14.6 Å². The highest BCUT2D eigenvalue weighted by atomic mass is 16.3. The van der Waals surface area contributed by atoms with Gasteiger partial charge in [-0.3, -0.25) is 0 Å². The average molecular weight is 279 g/mol. The van der Waals surface area contributed by atoms with Crippen LogP contribution in [0.2, 0.25) is 0 Å². The second-order valence-corrected chi connectivity index (χ2v) is 5.30. The Labute approximate surface area is 123 Å². The molecule has 3 aromatic rings. The predicted octanol–water partition coefficient (Wildman–Crippen LogP) is 2.94. The van der Waals surface area contributed by atoms with E-state index in [0.717, 1.165) is 36.6 Å². The SMILES string of the molecule is c1ccc2c(c1)CNCCN2Cc1nc2ccccc2o1. The molecule has 2 aromatic carbocycles. The van der Waals surface area contributed by atoms with E-state index in [1.54, 1.807) is 0 Å². The number of anilines is 1. The summed E-state index contributed by atoms with van der Waals surface area (Å²) in [6, 6.07) is 16.4. The fraction of sp³-hybridized carbons (Fsp3) is 0.235. The third kappa shape index (κ3) is 2.38. The molecular weight excluding hydrogens is 262 g/mol. The van der Waals surface area contributed by atoms with Gasteiger partial charge in [-0.15, -0.1) is 0 Å². The summed E-state index contributed by atoms with van der Waals surface area (Å²) in [6.45, 7) is 3.54. The Kier molecular flexibility index (Phi) is 3.09. The molecule has 0 amide bonds. The molecule has 0 saturated carbocycles. The molecule has 1 aliphatic rings. The van der Waals surface area contributed by atoms with E-state index in [4.69, 9.17) is 4.42 Å². The van der Waals surface area contributed by atoms with E-state index < -0.39 is 0 Å². The zero-order valence-corrected chi connectivity index (χ0v) is 11.7. The smallest absolute Gasteiger partial charge is 0.215 e. The van der Waals surface area contributed by atoms with Crippen molar-refractivity contribution in [2.24, 2.45) is 0 Å². The van der Waals surface area contributed by atoms with Gasteiger partial charge in [0.25, 0.3) is 0 Å². The fourth-order valence-corrected chi connectivity index (χ4v) is 2.84. The van der Waals surface area contributed by atoms with E-state index in [9.17, 15) is 0 Å². The van der Waals surface area contributed by atoms with Crippen molar-refractivity contribution in [3.05, 3.63) is 60.0 Å². The summed E-state index contributed by atoms with van der Waals surface area (Å²) in [4.78, 5) is 6.91. The summed E-state index contributed by atoms with van der Waals surface area (Å²) in [7, 11) is 0. The minimum absolute atomic E-state index is 0.702. The van der Waals surface area contributed by atoms with Crippen LogP contribution in [0, 0.1) is 0 Å². The number of benzene rings is 2. The first-order valence-electron chi connectivity index (χ1n) is 7.28. The van der Waals surface area contributed by atoms with Gasteiger partial charge in [0.2, 0.25) is 5.89 Å². The van der Waals surface area contributed by atoms with Crippen LogP contribution in [0.5, 0.6) is 0 Å². The van der Waals surface area contributed by atoms with Gasteiger partial charge in [-0.1, -0.05) is 30.3 Å². The van der Waals surface area contributed by atoms with E-state index >= 15 is 0 Å². The van der Waals surface area contributed by atoms with Crippen LogP contribution < -0.4 is 10.2 Å². The predicted molar refractivity (Wildman–Crippen MR) is 83.2 cm³/mol. The van der Waals surface area contributed by atoms with Crippen molar-refractivity contribution in [2.75, 3.05) is 18.0 Å². The molecule has 4 heteroatoms. The lowest BCUT2D eigenvalue weighted by Crippen LogP contribution is -2.28. The molecule has 21 heavy (non-hydrogen) atoms. The van der Waals surface area contributed by atoms with Crippen LogP contribution in [0.15, 0.2) is 52.9 Å². The van der Waals surface area contributed by atoms with Crippen LogP contribution in [-0.2, 0) is 13.1 Å². The van der Waals surface area contributed by atoms with Crippen LogP contribution in [0.1, 0.15) is 11.5 Å². The van der Waals surface area contributed by atoms with Crippen molar-refractivity contribution in [2.45, 2.75) is 13.1 Å². The zero-order chi connectivity index (χ0) is 14.1. The molecule has 1 aliphatic heterocycles. The summed E-state index contributed by atoms with van der Waals surface area (Å²) >= 11 is 0. The molecule has 0 saturated heterocycles. The Balaban J connectivity index is 1.67. The number of nitrogens with zero attached hydrogens (tertiary/aromatic N) is 2. The zero-order valence-electron chi connectivity index (χ0n) is 11.7. The monoisotopic (exact) mass is 279 g/mol. The summed E-state index contributed by atoms with van der Waals surface area (Å²) in [6.07, 6.45) is 0. The maximum Gasteiger partial charge on any atom is 0.215 e. The molecule has 0 fully saturated rings. The fourth-order valence-electron chi connectivity index (χ4n) is 2.84. The normalized spacial score (nSPS) is 15.0. The highest BCUT2D eigenvalue weighted by Crippen LogP contribution is 2.24. The van der Waals surface area contributed by atoms with Gasteiger partial charge in [-0.05, 0) is 23.8 Å². The first kappa shape index (κ1) is 12.4. The van der Waals surface area contributed by atoms with Gasteiger partial charge in [0.05, 0.1) is 6.54 Å². The Bertz CT molecular complexity index is 732.